The predicted molar refractivity (Wildman–Crippen MR) is 65.6 cm³/mol. The second kappa shape index (κ2) is 3.89. The van der Waals surface area contributed by atoms with Gasteiger partial charge in [0.05, 0.1) is 5.60 Å². The van der Waals surface area contributed by atoms with Crippen LogP contribution in [0.3, 0.4) is 0 Å². The molecule has 0 aliphatic heterocycles. The van der Waals surface area contributed by atoms with Crippen LogP contribution < -0.4 is 0 Å². The van der Waals surface area contributed by atoms with Gasteiger partial charge in [-0.05, 0) is 48.8 Å². The van der Waals surface area contributed by atoms with Gasteiger partial charge in [0.15, 0.2) is 0 Å². The first-order valence-electron chi connectivity index (χ1n) is 6.58. The molecule has 1 nitrogen and oxygen atoms in total. The van der Waals surface area contributed by atoms with Crippen LogP contribution in [-0.2, 0) is 19.3 Å². The summed E-state index contributed by atoms with van der Waals surface area (Å²) in [7, 11) is 0. The van der Waals surface area contributed by atoms with Gasteiger partial charge in [0.2, 0.25) is 0 Å². The highest BCUT2D eigenvalue weighted by molar-refractivity contribution is 5.35. The fourth-order valence-corrected chi connectivity index (χ4v) is 3.32. The third kappa shape index (κ3) is 1.89. The Morgan fingerprint density at radius 3 is 2.56 bits per heavy atom. The molecule has 86 valence electrons. The van der Waals surface area contributed by atoms with Gasteiger partial charge >= 0.3 is 0 Å². The van der Waals surface area contributed by atoms with Crippen LogP contribution in [0.1, 0.15) is 48.8 Å². The number of rotatable bonds is 2. The van der Waals surface area contributed by atoms with Crippen LogP contribution in [-0.4, -0.2) is 10.7 Å². The van der Waals surface area contributed by atoms with Crippen molar-refractivity contribution < 1.29 is 5.11 Å². The molecule has 1 fully saturated rings. The Balaban J connectivity index is 1.80. The second-order valence-electron chi connectivity index (χ2n) is 5.56. The number of hydrogen-bond acceptors (Lipinski definition) is 1. The van der Waals surface area contributed by atoms with E-state index in [1.165, 1.54) is 48.8 Å². The highest BCUT2D eigenvalue weighted by atomic mass is 16.3. The molecule has 1 aromatic carbocycles. The van der Waals surface area contributed by atoms with E-state index in [1.807, 2.05) is 0 Å². The standard InChI is InChI=1S/C15H20O/c16-15(8-1-2-9-15)11-12-6-7-13-4-3-5-14(13)10-12/h6-7,10,16H,1-5,8-9,11H2. The van der Waals surface area contributed by atoms with E-state index >= 15 is 0 Å². The zero-order valence-electron chi connectivity index (χ0n) is 9.84. The lowest BCUT2D eigenvalue weighted by atomic mass is 9.91. The number of hydrogen-bond donors (Lipinski definition) is 1. The van der Waals surface area contributed by atoms with E-state index < -0.39 is 5.60 Å². The minimum Gasteiger partial charge on any atom is -0.390 e. The quantitative estimate of drug-likeness (QED) is 0.805. The van der Waals surface area contributed by atoms with Gasteiger partial charge in [-0.3, -0.25) is 0 Å². The van der Waals surface area contributed by atoms with E-state index in [9.17, 15) is 5.11 Å². The molecular formula is C15H20O. The summed E-state index contributed by atoms with van der Waals surface area (Å²) in [4.78, 5) is 0. The molecule has 0 spiro atoms. The lowest BCUT2D eigenvalue weighted by Gasteiger charge is -2.22. The molecule has 2 aliphatic rings. The maximum absolute atomic E-state index is 10.4. The summed E-state index contributed by atoms with van der Waals surface area (Å²) in [5, 5.41) is 10.4. The predicted octanol–water partition coefficient (Wildman–Crippen LogP) is 3.02. The molecule has 2 aliphatic carbocycles. The zero-order valence-corrected chi connectivity index (χ0v) is 9.84. The van der Waals surface area contributed by atoms with Gasteiger partial charge < -0.3 is 5.11 Å². The van der Waals surface area contributed by atoms with E-state index in [0.29, 0.717) is 0 Å². The van der Waals surface area contributed by atoms with Crippen molar-refractivity contribution in [2.45, 2.75) is 57.0 Å². The van der Waals surface area contributed by atoms with Crippen molar-refractivity contribution in [2.24, 2.45) is 0 Å². The molecular weight excluding hydrogens is 196 g/mol. The molecule has 0 amide bonds. The molecule has 1 N–H and O–H groups in total. The largest absolute Gasteiger partial charge is 0.390 e. The van der Waals surface area contributed by atoms with Crippen LogP contribution in [0.5, 0.6) is 0 Å². The van der Waals surface area contributed by atoms with Gasteiger partial charge in [-0.2, -0.15) is 0 Å². The average Bonchev–Trinajstić information content (AvgIpc) is 2.86. The Kier molecular flexibility index (Phi) is 2.51. The van der Waals surface area contributed by atoms with Crippen LogP contribution >= 0.6 is 0 Å². The Bertz CT molecular complexity index is 388. The first-order chi connectivity index (χ1) is 7.75. The number of aryl methyl sites for hydroxylation is 2. The molecule has 0 atom stereocenters. The molecule has 1 saturated carbocycles. The Hall–Kier alpha value is -0.820. The van der Waals surface area contributed by atoms with Crippen LogP contribution in [0.25, 0.3) is 0 Å². The Morgan fingerprint density at radius 1 is 1.00 bits per heavy atom. The zero-order chi connectivity index (χ0) is 11.0. The maximum Gasteiger partial charge on any atom is 0.0688 e. The molecule has 0 heterocycles. The molecule has 0 unspecified atom stereocenters. The molecule has 0 aromatic heterocycles. The fraction of sp³-hybridized carbons (Fsp3) is 0.600. The normalized spacial score (nSPS) is 22.3. The summed E-state index contributed by atoms with van der Waals surface area (Å²) in [6.45, 7) is 0. The first kappa shape index (κ1) is 10.3. The molecule has 0 saturated heterocycles. The van der Waals surface area contributed by atoms with Gasteiger partial charge in [0.25, 0.3) is 0 Å². The summed E-state index contributed by atoms with van der Waals surface area (Å²) in [5.41, 5.74) is 4.00. The maximum atomic E-state index is 10.4. The van der Waals surface area contributed by atoms with Crippen LogP contribution in [0.2, 0.25) is 0 Å². The van der Waals surface area contributed by atoms with Gasteiger partial charge in [0, 0.05) is 6.42 Å². The highest BCUT2D eigenvalue weighted by Crippen LogP contribution is 2.33. The van der Waals surface area contributed by atoms with E-state index in [1.54, 1.807) is 0 Å². The number of fused-ring (bicyclic) bond motifs is 1. The van der Waals surface area contributed by atoms with Gasteiger partial charge in [-0.1, -0.05) is 31.0 Å². The Morgan fingerprint density at radius 2 is 1.75 bits per heavy atom. The molecule has 3 rings (SSSR count). The van der Waals surface area contributed by atoms with Crippen molar-refractivity contribution in [3.8, 4) is 0 Å². The molecule has 0 bridgehead atoms. The van der Waals surface area contributed by atoms with Crippen LogP contribution in [0, 0.1) is 0 Å². The third-order valence-electron chi connectivity index (χ3n) is 4.23. The Labute approximate surface area is 97.5 Å². The minimum atomic E-state index is -0.396. The SMILES string of the molecule is OC1(Cc2ccc3c(c2)CCC3)CCCC1. The van der Waals surface area contributed by atoms with Crippen LogP contribution in [0.4, 0.5) is 0 Å². The molecule has 1 heteroatoms. The lowest BCUT2D eigenvalue weighted by Crippen LogP contribution is -2.27. The summed E-state index contributed by atoms with van der Waals surface area (Å²) >= 11 is 0. The van der Waals surface area contributed by atoms with Crippen molar-refractivity contribution in [3.05, 3.63) is 34.9 Å². The van der Waals surface area contributed by atoms with Crippen molar-refractivity contribution in [3.63, 3.8) is 0 Å². The monoisotopic (exact) mass is 216 g/mol. The lowest BCUT2D eigenvalue weighted by molar-refractivity contribution is 0.0482. The van der Waals surface area contributed by atoms with E-state index in [2.05, 4.69) is 18.2 Å². The topological polar surface area (TPSA) is 20.2 Å². The molecule has 16 heavy (non-hydrogen) atoms. The van der Waals surface area contributed by atoms with Crippen molar-refractivity contribution in [1.82, 2.24) is 0 Å². The van der Waals surface area contributed by atoms with Crippen molar-refractivity contribution in [1.29, 1.82) is 0 Å². The van der Waals surface area contributed by atoms with E-state index in [-0.39, 0.29) is 0 Å². The molecule has 1 aromatic rings. The fourth-order valence-electron chi connectivity index (χ4n) is 3.32. The number of aliphatic hydroxyl groups is 1. The smallest absolute Gasteiger partial charge is 0.0688 e. The highest BCUT2D eigenvalue weighted by Gasteiger charge is 2.31. The van der Waals surface area contributed by atoms with E-state index in [0.717, 1.165) is 19.3 Å². The van der Waals surface area contributed by atoms with Gasteiger partial charge in [0.1, 0.15) is 0 Å². The summed E-state index contributed by atoms with van der Waals surface area (Å²) < 4.78 is 0. The van der Waals surface area contributed by atoms with Crippen molar-refractivity contribution in [2.75, 3.05) is 0 Å². The van der Waals surface area contributed by atoms with Crippen molar-refractivity contribution >= 4 is 0 Å². The van der Waals surface area contributed by atoms with Crippen LogP contribution in [0.15, 0.2) is 18.2 Å². The third-order valence-corrected chi connectivity index (χ3v) is 4.23. The first-order valence-corrected chi connectivity index (χ1v) is 6.58. The van der Waals surface area contributed by atoms with Gasteiger partial charge in [-0.15, -0.1) is 0 Å². The molecule has 0 radical (unpaired) electrons. The summed E-state index contributed by atoms with van der Waals surface area (Å²) in [6, 6.07) is 6.83. The number of benzene rings is 1. The summed E-state index contributed by atoms with van der Waals surface area (Å²) in [5.74, 6) is 0. The minimum absolute atomic E-state index is 0.396. The van der Waals surface area contributed by atoms with E-state index in [4.69, 9.17) is 0 Å². The summed E-state index contributed by atoms with van der Waals surface area (Å²) in [6.07, 6.45) is 9.03. The average molecular weight is 216 g/mol. The second-order valence-corrected chi connectivity index (χ2v) is 5.56. The van der Waals surface area contributed by atoms with Gasteiger partial charge in [-0.25, -0.2) is 0 Å².